The van der Waals surface area contributed by atoms with Crippen LogP contribution in [0.15, 0.2) is 42.7 Å². The molecule has 1 fully saturated rings. The summed E-state index contributed by atoms with van der Waals surface area (Å²) in [4.78, 5) is 25.4. The van der Waals surface area contributed by atoms with Crippen molar-refractivity contribution in [1.82, 2.24) is 14.9 Å². The number of fused-ring (bicyclic) bond motifs is 1. The zero-order chi connectivity index (χ0) is 22.8. The number of carboxylic acid groups (broad SMARTS) is 1. The molecule has 11 heteroatoms. The highest BCUT2D eigenvalue weighted by atomic mass is 35.5. The molecule has 6 nitrogen and oxygen atoms in total. The Morgan fingerprint density at radius 1 is 1.13 bits per heavy atom. The van der Waals surface area contributed by atoms with Crippen LogP contribution < -0.4 is 5.32 Å². The van der Waals surface area contributed by atoms with E-state index in [0.29, 0.717) is 22.6 Å². The predicted molar refractivity (Wildman–Crippen MR) is 110 cm³/mol. The van der Waals surface area contributed by atoms with E-state index in [1.54, 1.807) is 12.3 Å². The SMILES string of the molecule is O=C(Cn1ccc2ncc(-c3ccc(Cl)c(Cl)c3)cc21)NC1CC1.O=C(O)C(F)(F)F. The largest absolute Gasteiger partial charge is 0.490 e. The zero-order valence-corrected chi connectivity index (χ0v) is 17.3. The number of nitrogens with one attached hydrogen (secondary N) is 1. The number of benzene rings is 1. The lowest BCUT2D eigenvalue weighted by Gasteiger charge is -2.08. The second-order valence-electron chi connectivity index (χ2n) is 6.85. The van der Waals surface area contributed by atoms with Gasteiger partial charge < -0.3 is 15.0 Å². The topological polar surface area (TPSA) is 84.2 Å². The molecule has 3 aromatic rings. The molecule has 0 atom stereocenters. The first-order chi connectivity index (χ1) is 14.5. The number of aliphatic carboxylic acids is 1. The van der Waals surface area contributed by atoms with Crippen LogP contribution in [0.5, 0.6) is 0 Å². The Morgan fingerprint density at radius 2 is 1.81 bits per heavy atom. The number of pyridine rings is 1. The summed E-state index contributed by atoms with van der Waals surface area (Å²) in [6, 6.07) is 9.80. The number of alkyl halides is 3. The predicted octanol–water partition coefficient (Wildman–Crippen LogP) is 4.92. The highest BCUT2D eigenvalue weighted by Gasteiger charge is 2.38. The number of carbonyl (C=O) groups excluding carboxylic acids is 1. The summed E-state index contributed by atoms with van der Waals surface area (Å²) in [6.45, 7) is 0.298. The van der Waals surface area contributed by atoms with Crippen LogP contribution in [-0.2, 0) is 16.1 Å². The minimum Gasteiger partial charge on any atom is -0.475 e. The van der Waals surface area contributed by atoms with E-state index in [0.717, 1.165) is 35.0 Å². The van der Waals surface area contributed by atoms with Crippen molar-refractivity contribution in [2.45, 2.75) is 31.6 Å². The lowest BCUT2D eigenvalue weighted by Crippen LogP contribution is -2.29. The van der Waals surface area contributed by atoms with Gasteiger partial charge in [-0.1, -0.05) is 29.3 Å². The standard InChI is InChI=1S/C18H15Cl2N3O.C2HF3O2/c19-14-4-1-11(7-15(14)20)12-8-17-16(21-9-12)5-6-23(17)10-18(24)22-13-2-3-13;3-2(4,5)1(6)7/h1,4-9,13H,2-3,10H2,(H,22,24);(H,6,7). The summed E-state index contributed by atoms with van der Waals surface area (Å²) in [6.07, 6.45) is 0.779. The third kappa shape index (κ3) is 6.11. The van der Waals surface area contributed by atoms with Crippen LogP contribution in [0.25, 0.3) is 22.2 Å². The number of hydrogen-bond donors (Lipinski definition) is 2. The van der Waals surface area contributed by atoms with Crippen molar-refractivity contribution < 1.29 is 27.9 Å². The fraction of sp³-hybridized carbons (Fsp3) is 0.250. The van der Waals surface area contributed by atoms with Crippen molar-refractivity contribution in [2.24, 2.45) is 0 Å². The zero-order valence-electron chi connectivity index (χ0n) is 15.8. The molecule has 0 bridgehead atoms. The van der Waals surface area contributed by atoms with Gasteiger partial charge in [-0.25, -0.2) is 4.79 Å². The van der Waals surface area contributed by atoms with Gasteiger partial charge in [0.2, 0.25) is 5.91 Å². The number of hydrogen-bond acceptors (Lipinski definition) is 3. The van der Waals surface area contributed by atoms with Crippen LogP contribution in [-0.4, -0.2) is 38.8 Å². The van der Waals surface area contributed by atoms with Gasteiger partial charge in [-0.05, 0) is 42.7 Å². The molecule has 164 valence electrons. The Kier molecular flexibility index (Phi) is 6.76. The summed E-state index contributed by atoms with van der Waals surface area (Å²) in [5.74, 6) is -2.72. The number of amides is 1. The highest BCUT2D eigenvalue weighted by molar-refractivity contribution is 6.42. The van der Waals surface area contributed by atoms with Crippen molar-refractivity contribution in [3.05, 3.63) is 52.8 Å². The number of carbonyl (C=O) groups is 2. The maximum atomic E-state index is 12.1. The maximum absolute atomic E-state index is 12.1. The third-order valence-corrected chi connectivity index (χ3v) is 5.11. The first kappa shape index (κ1) is 22.9. The molecule has 1 aliphatic carbocycles. The van der Waals surface area contributed by atoms with Crippen molar-refractivity contribution >= 4 is 46.1 Å². The highest BCUT2D eigenvalue weighted by Crippen LogP contribution is 2.29. The normalized spacial score (nSPS) is 13.5. The van der Waals surface area contributed by atoms with Crippen molar-refractivity contribution in [3.8, 4) is 11.1 Å². The van der Waals surface area contributed by atoms with Crippen molar-refractivity contribution in [1.29, 1.82) is 0 Å². The number of nitrogens with zero attached hydrogens (tertiary/aromatic N) is 2. The van der Waals surface area contributed by atoms with Gasteiger partial charge in [0, 0.05) is 24.0 Å². The van der Waals surface area contributed by atoms with Gasteiger partial charge in [0.25, 0.3) is 0 Å². The fourth-order valence-electron chi connectivity index (χ4n) is 2.69. The smallest absolute Gasteiger partial charge is 0.475 e. The maximum Gasteiger partial charge on any atom is 0.490 e. The minimum atomic E-state index is -5.08. The number of carboxylic acids is 1. The van der Waals surface area contributed by atoms with Crippen molar-refractivity contribution in [2.75, 3.05) is 0 Å². The average molecular weight is 474 g/mol. The number of aromatic nitrogens is 2. The van der Waals surface area contributed by atoms with Gasteiger partial charge in [0.05, 0.1) is 21.1 Å². The molecule has 0 radical (unpaired) electrons. The van der Waals surface area contributed by atoms with E-state index < -0.39 is 12.1 Å². The van der Waals surface area contributed by atoms with E-state index >= 15 is 0 Å². The van der Waals surface area contributed by atoms with E-state index in [9.17, 15) is 18.0 Å². The summed E-state index contributed by atoms with van der Waals surface area (Å²) < 4.78 is 33.7. The van der Waals surface area contributed by atoms with E-state index in [-0.39, 0.29) is 5.91 Å². The van der Waals surface area contributed by atoms with Gasteiger partial charge in [0.1, 0.15) is 6.54 Å². The average Bonchev–Trinajstić information content (AvgIpc) is 3.42. The molecule has 0 spiro atoms. The third-order valence-electron chi connectivity index (χ3n) is 4.37. The Labute approximate surface area is 184 Å². The Morgan fingerprint density at radius 3 is 2.39 bits per heavy atom. The van der Waals surface area contributed by atoms with Crippen LogP contribution in [0.2, 0.25) is 10.0 Å². The quantitative estimate of drug-likeness (QED) is 0.562. The first-order valence-electron chi connectivity index (χ1n) is 9.04. The molecular formula is C20H16Cl2F3N3O3. The molecule has 2 N–H and O–H groups in total. The molecule has 0 unspecified atom stereocenters. The molecule has 1 aromatic carbocycles. The van der Waals surface area contributed by atoms with Gasteiger partial charge >= 0.3 is 12.1 Å². The van der Waals surface area contributed by atoms with Crippen LogP contribution >= 0.6 is 23.2 Å². The monoisotopic (exact) mass is 473 g/mol. The van der Waals surface area contributed by atoms with Crippen LogP contribution in [0.3, 0.4) is 0 Å². The molecule has 4 rings (SSSR count). The van der Waals surface area contributed by atoms with Crippen LogP contribution in [0.1, 0.15) is 12.8 Å². The molecule has 1 saturated carbocycles. The number of rotatable bonds is 4. The fourth-order valence-corrected chi connectivity index (χ4v) is 2.99. The van der Waals surface area contributed by atoms with Crippen LogP contribution in [0.4, 0.5) is 13.2 Å². The molecular weight excluding hydrogens is 458 g/mol. The molecule has 0 saturated heterocycles. The number of halogens is 5. The molecule has 0 aliphatic heterocycles. The second kappa shape index (κ2) is 9.15. The first-order valence-corrected chi connectivity index (χ1v) is 9.80. The van der Waals surface area contributed by atoms with E-state index in [1.165, 1.54) is 0 Å². The minimum absolute atomic E-state index is 0.0370. The van der Waals surface area contributed by atoms with E-state index in [2.05, 4.69) is 10.3 Å². The summed E-state index contributed by atoms with van der Waals surface area (Å²) in [5.41, 5.74) is 3.65. The van der Waals surface area contributed by atoms with E-state index in [1.807, 2.05) is 35.0 Å². The van der Waals surface area contributed by atoms with Gasteiger partial charge in [-0.2, -0.15) is 13.2 Å². The molecule has 2 aromatic heterocycles. The Hall–Kier alpha value is -2.78. The van der Waals surface area contributed by atoms with Crippen molar-refractivity contribution in [3.63, 3.8) is 0 Å². The Balaban J connectivity index is 0.000000339. The lowest BCUT2D eigenvalue weighted by atomic mass is 10.1. The second-order valence-corrected chi connectivity index (χ2v) is 7.66. The molecule has 1 amide bonds. The van der Waals surface area contributed by atoms with Gasteiger partial charge in [-0.15, -0.1) is 0 Å². The van der Waals surface area contributed by atoms with Gasteiger partial charge in [0.15, 0.2) is 0 Å². The van der Waals surface area contributed by atoms with E-state index in [4.69, 9.17) is 33.1 Å². The molecule has 1 aliphatic rings. The summed E-state index contributed by atoms with van der Waals surface area (Å²) in [7, 11) is 0. The molecule has 2 heterocycles. The lowest BCUT2D eigenvalue weighted by molar-refractivity contribution is -0.192. The van der Waals surface area contributed by atoms with Gasteiger partial charge in [-0.3, -0.25) is 9.78 Å². The summed E-state index contributed by atoms with van der Waals surface area (Å²) >= 11 is 12.1. The van der Waals surface area contributed by atoms with Crippen LogP contribution in [0, 0.1) is 0 Å². The summed E-state index contributed by atoms with van der Waals surface area (Å²) in [5, 5.41) is 11.2. The Bertz CT molecular complexity index is 1130. The molecule has 31 heavy (non-hydrogen) atoms.